The standard InChI is InChI=1S/C5H12N2O/c1-3-7-5(6)4(2)8/h4,8H,3H2,1-2H3,(H2,6,7). The van der Waals surface area contributed by atoms with Crippen molar-refractivity contribution in [3.63, 3.8) is 0 Å². The Morgan fingerprint density at radius 2 is 2.38 bits per heavy atom. The number of aliphatic hydroxyl groups is 1. The van der Waals surface area contributed by atoms with Gasteiger partial charge < -0.3 is 10.8 Å². The molecule has 0 aromatic carbocycles. The topological polar surface area (TPSA) is 58.6 Å². The summed E-state index contributed by atoms with van der Waals surface area (Å²) in [6.45, 7) is 4.10. The zero-order valence-electron chi connectivity index (χ0n) is 5.26. The maximum absolute atomic E-state index is 8.70. The molecule has 0 radical (unpaired) electrons. The van der Waals surface area contributed by atoms with Crippen LogP contribution in [-0.2, 0) is 0 Å². The van der Waals surface area contributed by atoms with E-state index in [9.17, 15) is 0 Å². The normalized spacial score (nSPS) is 16.1. The van der Waals surface area contributed by atoms with Crippen LogP contribution in [-0.4, -0.2) is 23.6 Å². The van der Waals surface area contributed by atoms with Gasteiger partial charge >= 0.3 is 0 Å². The number of amidine groups is 1. The molecule has 0 aliphatic heterocycles. The molecule has 3 nitrogen and oxygen atoms in total. The van der Waals surface area contributed by atoms with Crippen LogP contribution in [0, 0.1) is 0 Å². The fourth-order valence-electron chi connectivity index (χ4n) is 0.315. The number of aliphatic imine (C=N–C) groups is 1. The molecule has 0 bridgehead atoms. The Hall–Kier alpha value is -0.570. The average molecular weight is 116 g/mol. The van der Waals surface area contributed by atoms with Gasteiger partial charge in [0.1, 0.15) is 11.9 Å². The summed E-state index contributed by atoms with van der Waals surface area (Å²) in [5, 5.41) is 8.70. The first-order chi connectivity index (χ1) is 3.68. The fraction of sp³-hybridized carbons (Fsp3) is 0.800. The van der Waals surface area contributed by atoms with Crippen molar-refractivity contribution in [2.24, 2.45) is 10.7 Å². The van der Waals surface area contributed by atoms with Gasteiger partial charge in [-0.05, 0) is 13.8 Å². The van der Waals surface area contributed by atoms with E-state index in [1.807, 2.05) is 6.92 Å². The van der Waals surface area contributed by atoms with E-state index in [4.69, 9.17) is 10.8 Å². The second kappa shape index (κ2) is 3.43. The smallest absolute Gasteiger partial charge is 0.123 e. The summed E-state index contributed by atoms with van der Waals surface area (Å²) >= 11 is 0. The quantitative estimate of drug-likeness (QED) is 0.386. The van der Waals surface area contributed by atoms with E-state index in [0.29, 0.717) is 12.4 Å². The maximum atomic E-state index is 8.70. The third kappa shape index (κ3) is 2.58. The highest BCUT2D eigenvalue weighted by Crippen LogP contribution is 1.78. The molecule has 0 heterocycles. The van der Waals surface area contributed by atoms with Gasteiger partial charge in [-0.25, -0.2) is 0 Å². The summed E-state index contributed by atoms with van der Waals surface area (Å²) in [4.78, 5) is 3.77. The van der Waals surface area contributed by atoms with Crippen molar-refractivity contribution in [2.45, 2.75) is 20.0 Å². The lowest BCUT2D eigenvalue weighted by Gasteiger charge is -1.99. The van der Waals surface area contributed by atoms with E-state index in [1.165, 1.54) is 0 Å². The molecular weight excluding hydrogens is 104 g/mol. The summed E-state index contributed by atoms with van der Waals surface area (Å²) in [7, 11) is 0. The highest BCUT2D eigenvalue weighted by Gasteiger charge is 1.96. The van der Waals surface area contributed by atoms with E-state index >= 15 is 0 Å². The lowest BCUT2D eigenvalue weighted by molar-refractivity contribution is 0.260. The summed E-state index contributed by atoms with van der Waals surface area (Å²) in [5.41, 5.74) is 5.23. The Bertz CT molecular complexity index is 88.4. The van der Waals surface area contributed by atoms with Crippen molar-refractivity contribution < 1.29 is 5.11 Å². The summed E-state index contributed by atoms with van der Waals surface area (Å²) in [6, 6.07) is 0. The van der Waals surface area contributed by atoms with Gasteiger partial charge in [0.2, 0.25) is 0 Å². The predicted octanol–water partition coefficient (Wildman–Crippen LogP) is -0.256. The number of nitrogens with zero attached hydrogens (tertiary/aromatic N) is 1. The monoisotopic (exact) mass is 116 g/mol. The number of nitrogens with two attached hydrogens (primary N) is 1. The maximum Gasteiger partial charge on any atom is 0.123 e. The second-order valence-corrected chi connectivity index (χ2v) is 1.58. The molecular formula is C5H12N2O. The summed E-state index contributed by atoms with van der Waals surface area (Å²) < 4.78 is 0. The van der Waals surface area contributed by atoms with Crippen molar-refractivity contribution in [1.29, 1.82) is 0 Å². The van der Waals surface area contributed by atoms with Crippen LogP contribution < -0.4 is 5.73 Å². The number of hydrogen-bond acceptors (Lipinski definition) is 2. The molecule has 0 saturated heterocycles. The predicted molar refractivity (Wildman–Crippen MR) is 33.8 cm³/mol. The SMILES string of the molecule is CCN=C(N)C(C)O. The molecule has 0 rings (SSSR count). The van der Waals surface area contributed by atoms with Crippen molar-refractivity contribution in [3.05, 3.63) is 0 Å². The lowest BCUT2D eigenvalue weighted by atomic mass is 10.4. The van der Waals surface area contributed by atoms with Gasteiger partial charge in [-0.2, -0.15) is 0 Å². The first-order valence-corrected chi connectivity index (χ1v) is 2.66. The van der Waals surface area contributed by atoms with Crippen LogP contribution in [0.2, 0.25) is 0 Å². The third-order valence-corrected chi connectivity index (χ3v) is 0.769. The first-order valence-electron chi connectivity index (χ1n) is 2.66. The van der Waals surface area contributed by atoms with Crippen molar-refractivity contribution >= 4 is 5.84 Å². The number of hydrogen-bond donors (Lipinski definition) is 2. The van der Waals surface area contributed by atoms with Crippen LogP contribution in [0.4, 0.5) is 0 Å². The first kappa shape index (κ1) is 7.43. The lowest BCUT2D eigenvalue weighted by Crippen LogP contribution is -2.25. The van der Waals surface area contributed by atoms with Crippen LogP contribution in [0.25, 0.3) is 0 Å². The van der Waals surface area contributed by atoms with E-state index in [0.717, 1.165) is 0 Å². The van der Waals surface area contributed by atoms with E-state index in [2.05, 4.69) is 4.99 Å². The Balaban J connectivity index is 3.61. The van der Waals surface area contributed by atoms with Gasteiger partial charge in [0.25, 0.3) is 0 Å². The molecule has 0 amide bonds. The van der Waals surface area contributed by atoms with Gasteiger partial charge in [0, 0.05) is 6.54 Å². The van der Waals surface area contributed by atoms with Gasteiger partial charge in [-0.15, -0.1) is 0 Å². The third-order valence-electron chi connectivity index (χ3n) is 0.769. The van der Waals surface area contributed by atoms with Gasteiger partial charge in [-0.1, -0.05) is 0 Å². The van der Waals surface area contributed by atoms with Crippen LogP contribution in [0.5, 0.6) is 0 Å². The zero-order valence-corrected chi connectivity index (χ0v) is 5.26. The molecule has 1 unspecified atom stereocenters. The largest absolute Gasteiger partial charge is 0.386 e. The highest BCUT2D eigenvalue weighted by atomic mass is 16.3. The van der Waals surface area contributed by atoms with Crippen molar-refractivity contribution in [3.8, 4) is 0 Å². The average Bonchev–Trinajstić information content (AvgIpc) is 1.67. The Kier molecular flexibility index (Phi) is 3.19. The number of aliphatic hydroxyl groups excluding tert-OH is 1. The molecule has 0 saturated carbocycles. The van der Waals surface area contributed by atoms with Crippen LogP contribution in [0.15, 0.2) is 4.99 Å². The minimum atomic E-state index is -0.602. The van der Waals surface area contributed by atoms with Gasteiger partial charge in [-0.3, -0.25) is 4.99 Å². The molecule has 0 aromatic rings. The molecule has 3 heteroatoms. The Morgan fingerprint density at radius 1 is 1.88 bits per heavy atom. The van der Waals surface area contributed by atoms with E-state index in [1.54, 1.807) is 6.92 Å². The summed E-state index contributed by atoms with van der Waals surface area (Å²) in [6.07, 6.45) is -0.602. The van der Waals surface area contributed by atoms with Crippen LogP contribution >= 0.6 is 0 Å². The van der Waals surface area contributed by atoms with Crippen molar-refractivity contribution in [2.75, 3.05) is 6.54 Å². The minimum Gasteiger partial charge on any atom is -0.386 e. The summed E-state index contributed by atoms with van der Waals surface area (Å²) in [5.74, 6) is 0.313. The fourth-order valence-corrected chi connectivity index (χ4v) is 0.315. The van der Waals surface area contributed by atoms with Crippen LogP contribution in [0.1, 0.15) is 13.8 Å². The molecule has 0 fully saturated rings. The van der Waals surface area contributed by atoms with Gasteiger partial charge in [0.15, 0.2) is 0 Å². The molecule has 48 valence electrons. The second-order valence-electron chi connectivity index (χ2n) is 1.58. The molecule has 0 aromatic heterocycles. The van der Waals surface area contributed by atoms with Gasteiger partial charge in [0.05, 0.1) is 0 Å². The number of rotatable bonds is 2. The van der Waals surface area contributed by atoms with E-state index < -0.39 is 6.10 Å². The minimum absolute atomic E-state index is 0.313. The van der Waals surface area contributed by atoms with Crippen molar-refractivity contribution in [1.82, 2.24) is 0 Å². The molecule has 0 spiro atoms. The highest BCUT2D eigenvalue weighted by molar-refractivity contribution is 5.84. The van der Waals surface area contributed by atoms with E-state index in [-0.39, 0.29) is 0 Å². The molecule has 1 atom stereocenters. The molecule has 0 aliphatic rings. The Labute approximate surface area is 49.2 Å². The van der Waals surface area contributed by atoms with Crippen LogP contribution in [0.3, 0.4) is 0 Å². The molecule has 3 N–H and O–H groups in total. The molecule has 8 heavy (non-hydrogen) atoms. The molecule has 0 aliphatic carbocycles. The zero-order chi connectivity index (χ0) is 6.57. The Morgan fingerprint density at radius 3 is 2.50 bits per heavy atom.